The maximum absolute atomic E-state index is 12.2. The molecule has 0 aromatic rings. The zero-order valence-corrected chi connectivity index (χ0v) is 11.5. The summed E-state index contributed by atoms with van der Waals surface area (Å²) >= 11 is 0. The second-order valence-electron chi connectivity index (χ2n) is 6.06. The Morgan fingerprint density at radius 2 is 1.56 bits per heavy atom. The average molecular weight is 252 g/mol. The van der Waals surface area contributed by atoms with E-state index in [1.54, 1.807) is 0 Å². The Bertz CT molecular complexity index is 215. The van der Waals surface area contributed by atoms with Gasteiger partial charge in [-0.05, 0) is 17.5 Å². The summed E-state index contributed by atoms with van der Waals surface area (Å²) in [5.41, 5.74) is 0.617. The summed E-state index contributed by atoms with van der Waals surface area (Å²) in [6.45, 7) is 6.53. The van der Waals surface area contributed by atoms with Crippen LogP contribution in [0.5, 0.6) is 0 Å². The molecule has 1 aliphatic carbocycles. The number of halogens is 3. The molecular formula is C12H23F3Si. The zero-order chi connectivity index (χ0) is 12.4. The molecular weight excluding hydrogens is 229 g/mol. The molecule has 16 heavy (non-hydrogen) atoms. The summed E-state index contributed by atoms with van der Waals surface area (Å²) in [5, 5.41) is 0. The third kappa shape index (κ3) is 4.48. The molecule has 0 saturated heterocycles. The van der Waals surface area contributed by atoms with Gasteiger partial charge in [-0.25, -0.2) is 0 Å². The molecule has 0 aliphatic heterocycles. The van der Waals surface area contributed by atoms with Crippen molar-refractivity contribution in [3.63, 3.8) is 0 Å². The first-order valence-corrected chi connectivity index (χ1v) is 9.56. The molecule has 4 heteroatoms. The predicted octanol–water partition coefficient (Wildman–Crippen LogP) is 5.23. The molecule has 0 bridgehead atoms. The van der Waals surface area contributed by atoms with Crippen molar-refractivity contribution >= 4 is 8.07 Å². The first-order chi connectivity index (χ1) is 7.21. The summed E-state index contributed by atoms with van der Waals surface area (Å²) in [7, 11) is -1.66. The van der Waals surface area contributed by atoms with Crippen molar-refractivity contribution in [1.82, 2.24) is 0 Å². The van der Waals surface area contributed by atoms with Crippen LogP contribution in [-0.4, -0.2) is 14.3 Å². The van der Waals surface area contributed by atoms with Gasteiger partial charge in [0.25, 0.3) is 0 Å². The number of hydrogen-bond donors (Lipinski definition) is 0. The fourth-order valence-electron chi connectivity index (χ4n) is 2.71. The highest BCUT2D eigenvalue weighted by Gasteiger charge is 2.37. The smallest absolute Gasteiger partial charge is 0.171 e. The lowest BCUT2D eigenvalue weighted by Crippen LogP contribution is -2.35. The second kappa shape index (κ2) is 5.11. The molecule has 0 radical (unpaired) electrons. The van der Waals surface area contributed by atoms with Crippen LogP contribution in [0.3, 0.4) is 0 Å². The SMILES string of the molecule is CC1CCC([Si](C)(C)CCC(F)(F)F)CC1. The van der Waals surface area contributed by atoms with Gasteiger partial charge in [0.2, 0.25) is 0 Å². The van der Waals surface area contributed by atoms with Crippen molar-refractivity contribution in [3.05, 3.63) is 0 Å². The average Bonchev–Trinajstić information content (AvgIpc) is 2.15. The first-order valence-electron chi connectivity index (χ1n) is 6.27. The van der Waals surface area contributed by atoms with Crippen LogP contribution in [0.2, 0.25) is 24.7 Å². The summed E-state index contributed by atoms with van der Waals surface area (Å²) in [4.78, 5) is 0. The Kier molecular flexibility index (Phi) is 4.49. The summed E-state index contributed by atoms with van der Waals surface area (Å²) in [5.74, 6) is 0.781. The van der Waals surface area contributed by atoms with Gasteiger partial charge in [-0.15, -0.1) is 0 Å². The third-order valence-corrected chi connectivity index (χ3v) is 8.50. The maximum atomic E-state index is 12.2. The van der Waals surface area contributed by atoms with Crippen molar-refractivity contribution in [3.8, 4) is 0 Å². The molecule has 0 unspecified atom stereocenters. The van der Waals surface area contributed by atoms with Gasteiger partial charge >= 0.3 is 6.18 Å². The standard InChI is InChI=1S/C12H23F3Si/c1-10-4-6-11(7-5-10)16(2,3)9-8-12(13,14)15/h10-11H,4-9H2,1-3H3. The van der Waals surface area contributed by atoms with Gasteiger partial charge in [0.05, 0.1) is 8.07 Å². The lowest BCUT2D eigenvalue weighted by Gasteiger charge is -2.37. The van der Waals surface area contributed by atoms with Crippen LogP contribution in [-0.2, 0) is 0 Å². The minimum absolute atomic E-state index is 0.412. The molecule has 0 amide bonds. The van der Waals surface area contributed by atoms with E-state index in [2.05, 4.69) is 20.0 Å². The van der Waals surface area contributed by atoms with Crippen LogP contribution in [0.1, 0.15) is 39.0 Å². The number of hydrogen-bond acceptors (Lipinski definition) is 0. The van der Waals surface area contributed by atoms with Crippen molar-refractivity contribution in [2.24, 2.45) is 5.92 Å². The van der Waals surface area contributed by atoms with Gasteiger partial charge in [0, 0.05) is 6.42 Å². The second-order valence-corrected chi connectivity index (χ2v) is 11.4. The van der Waals surface area contributed by atoms with Gasteiger partial charge in [0.1, 0.15) is 0 Å². The van der Waals surface area contributed by atoms with E-state index in [9.17, 15) is 13.2 Å². The van der Waals surface area contributed by atoms with E-state index >= 15 is 0 Å². The van der Waals surface area contributed by atoms with Crippen molar-refractivity contribution < 1.29 is 13.2 Å². The Labute approximate surface area is 97.6 Å². The van der Waals surface area contributed by atoms with E-state index in [1.807, 2.05) is 0 Å². The molecule has 96 valence electrons. The fraction of sp³-hybridized carbons (Fsp3) is 1.00. The Morgan fingerprint density at radius 3 is 2.00 bits per heavy atom. The van der Waals surface area contributed by atoms with Crippen LogP contribution >= 0.6 is 0 Å². The van der Waals surface area contributed by atoms with Crippen LogP contribution < -0.4 is 0 Å². The van der Waals surface area contributed by atoms with Crippen molar-refractivity contribution in [2.75, 3.05) is 0 Å². The highest BCUT2D eigenvalue weighted by molar-refractivity contribution is 6.78. The molecule has 1 saturated carbocycles. The Morgan fingerprint density at radius 1 is 1.06 bits per heavy atom. The topological polar surface area (TPSA) is 0 Å². The van der Waals surface area contributed by atoms with Crippen LogP contribution in [0.15, 0.2) is 0 Å². The highest BCUT2D eigenvalue weighted by Crippen LogP contribution is 2.42. The fourth-order valence-corrected chi connectivity index (χ4v) is 5.94. The predicted molar refractivity (Wildman–Crippen MR) is 64.3 cm³/mol. The minimum Gasteiger partial charge on any atom is -0.171 e. The summed E-state index contributed by atoms with van der Waals surface area (Å²) in [6, 6.07) is 0.412. The molecule has 0 aromatic heterocycles. The van der Waals surface area contributed by atoms with Gasteiger partial charge in [0.15, 0.2) is 0 Å². The largest absolute Gasteiger partial charge is 0.388 e. The van der Waals surface area contributed by atoms with Gasteiger partial charge in [-0.1, -0.05) is 45.7 Å². The van der Waals surface area contributed by atoms with Crippen LogP contribution in [0.25, 0.3) is 0 Å². The maximum Gasteiger partial charge on any atom is 0.388 e. The van der Waals surface area contributed by atoms with E-state index in [-0.39, 0.29) is 0 Å². The Hall–Kier alpha value is 0.00688. The molecule has 0 heterocycles. The van der Waals surface area contributed by atoms with Gasteiger partial charge in [-0.2, -0.15) is 13.2 Å². The van der Waals surface area contributed by atoms with Crippen molar-refractivity contribution in [2.45, 2.75) is 69.9 Å². The lowest BCUT2D eigenvalue weighted by atomic mass is 9.90. The Balaban J connectivity index is 2.44. The van der Waals surface area contributed by atoms with Gasteiger partial charge < -0.3 is 0 Å². The molecule has 0 atom stereocenters. The van der Waals surface area contributed by atoms with E-state index in [0.717, 1.165) is 18.8 Å². The van der Waals surface area contributed by atoms with Crippen LogP contribution in [0.4, 0.5) is 13.2 Å². The monoisotopic (exact) mass is 252 g/mol. The third-order valence-electron chi connectivity index (χ3n) is 4.17. The molecule has 1 rings (SSSR count). The van der Waals surface area contributed by atoms with E-state index in [1.165, 1.54) is 12.8 Å². The number of rotatable bonds is 3. The molecule has 0 spiro atoms. The first kappa shape index (κ1) is 14.1. The van der Waals surface area contributed by atoms with Gasteiger partial charge in [-0.3, -0.25) is 0 Å². The van der Waals surface area contributed by atoms with E-state index in [0.29, 0.717) is 11.6 Å². The lowest BCUT2D eigenvalue weighted by molar-refractivity contribution is -0.130. The highest BCUT2D eigenvalue weighted by atomic mass is 28.3. The minimum atomic E-state index is -3.97. The molecule has 1 aliphatic rings. The summed E-state index contributed by atoms with van der Waals surface area (Å²) < 4.78 is 36.7. The van der Waals surface area contributed by atoms with Crippen molar-refractivity contribution in [1.29, 1.82) is 0 Å². The normalized spacial score (nSPS) is 28.1. The van der Waals surface area contributed by atoms with E-state index in [4.69, 9.17) is 0 Å². The molecule has 0 aromatic carbocycles. The summed E-state index contributed by atoms with van der Waals surface area (Å²) in [6.07, 6.45) is 0.223. The molecule has 0 nitrogen and oxygen atoms in total. The number of alkyl halides is 3. The molecule has 0 N–H and O–H groups in total. The van der Waals surface area contributed by atoms with Crippen LogP contribution in [0, 0.1) is 5.92 Å². The molecule has 1 fully saturated rings. The quantitative estimate of drug-likeness (QED) is 0.603. The zero-order valence-electron chi connectivity index (χ0n) is 10.5. The van der Waals surface area contributed by atoms with E-state index < -0.39 is 20.7 Å².